The normalized spacial score (nSPS) is 11.2. The fraction of sp³-hybridized carbons (Fsp3) is 0.100. The number of nitriles is 1. The molecule has 3 aromatic rings. The molecule has 2 aromatic carbocycles. The molecule has 6 heteroatoms. The molecule has 26 heavy (non-hydrogen) atoms. The maximum absolute atomic E-state index is 13.3. The van der Waals surface area contributed by atoms with Crippen LogP contribution in [0.3, 0.4) is 0 Å². The summed E-state index contributed by atoms with van der Waals surface area (Å²) in [6.07, 6.45) is 2.96. The van der Waals surface area contributed by atoms with Crippen molar-refractivity contribution in [2.75, 3.05) is 14.2 Å². The van der Waals surface area contributed by atoms with Crippen LogP contribution in [0.15, 0.2) is 48.2 Å². The van der Waals surface area contributed by atoms with Crippen molar-refractivity contribution < 1.29 is 18.7 Å². The first-order chi connectivity index (χ1) is 12.6. The standard InChI is InChI=1S/C20H15FN2O3/c1-25-18-6-3-12(8-19(18)26-2)7-13(10-22)20(24)16-11-23-17-9-14(21)4-5-15(16)17/h3-9,11,23H,1-2H3/b13-7-. The molecule has 1 aromatic heterocycles. The van der Waals surface area contributed by atoms with E-state index in [4.69, 9.17) is 9.47 Å². The summed E-state index contributed by atoms with van der Waals surface area (Å²) >= 11 is 0. The number of methoxy groups -OCH3 is 2. The molecule has 0 aliphatic carbocycles. The third kappa shape index (κ3) is 3.15. The number of benzene rings is 2. The predicted molar refractivity (Wildman–Crippen MR) is 95.7 cm³/mol. The van der Waals surface area contributed by atoms with E-state index in [1.807, 2.05) is 6.07 Å². The molecule has 0 unspecified atom stereocenters. The van der Waals surface area contributed by atoms with Crippen molar-refractivity contribution in [2.45, 2.75) is 0 Å². The molecule has 0 saturated carbocycles. The third-order valence-corrected chi connectivity index (χ3v) is 3.97. The van der Waals surface area contributed by atoms with Crippen molar-refractivity contribution in [1.29, 1.82) is 5.26 Å². The van der Waals surface area contributed by atoms with Crippen LogP contribution in [0, 0.1) is 17.1 Å². The number of hydrogen-bond acceptors (Lipinski definition) is 4. The predicted octanol–water partition coefficient (Wildman–Crippen LogP) is 4.11. The van der Waals surface area contributed by atoms with E-state index in [0.717, 1.165) is 0 Å². The van der Waals surface area contributed by atoms with Crippen molar-refractivity contribution >= 4 is 22.8 Å². The largest absolute Gasteiger partial charge is 0.493 e. The average molecular weight is 350 g/mol. The second-order valence-corrected chi connectivity index (χ2v) is 5.51. The van der Waals surface area contributed by atoms with Crippen molar-refractivity contribution in [3.63, 3.8) is 0 Å². The van der Waals surface area contributed by atoms with Crippen molar-refractivity contribution in [2.24, 2.45) is 0 Å². The second-order valence-electron chi connectivity index (χ2n) is 5.51. The highest BCUT2D eigenvalue weighted by molar-refractivity contribution is 6.19. The van der Waals surface area contributed by atoms with Crippen LogP contribution in [0.25, 0.3) is 17.0 Å². The van der Waals surface area contributed by atoms with Crippen LogP contribution in [-0.4, -0.2) is 25.0 Å². The van der Waals surface area contributed by atoms with E-state index in [-0.39, 0.29) is 5.57 Å². The van der Waals surface area contributed by atoms with E-state index >= 15 is 0 Å². The Labute approximate surface area is 149 Å². The first-order valence-corrected chi connectivity index (χ1v) is 7.72. The highest BCUT2D eigenvalue weighted by atomic mass is 19.1. The maximum Gasteiger partial charge on any atom is 0.205 e. The number of carbonyl (C=O) groups is 1. The Balaban J connectivity index is 2.01. The summed E-state index contributed by atoms with van der Waals surface area (Å²) in [5.41, 5.74) is 1.39. The molecule has 0 aliphatic rings. The van der Waals surface area contributed by atoms with Crippen LogP contribution in [0.5, 0.6) is 11.5 Å². The number of Topliss-reactive ketones (excluding diaryl/α,β-unsaturated/α-hetero) is 1. The van der Waals surface area contributed by atoms with Crippen LogP contribution in [0.2, 0.25) is 0 Å². The van der Waals surface area contributed by atoms with Gasteiger partial charge >= 0.3 is 0 Å². The zero-order valence-corrected chi connectivity index (χ0v) is 14.2. The number of ketones is 1. The Morgan fingerprint density at radius 2 is 1.92 bits per heavy atom. The first kappa shape index (κ1) is 17.2. The number of H-pyrrole nitrogens is 1. The number of aromatic nitrogens is 1. The number of carbonyl (C=O) groups excluding carboxylic acids is 1. The van der Waals surface area contributed by atoms with Gasteiger partial charge in [-0.25, -0.2) is 4.39 Å². The molecule has 0 aliphatic heterocycles. The third-order valence-electron chi connectivity index (χ3n) is 3.97. The number of halogens is 1. The lowest BCUT2D eigenvalue weighted by molar-refractivity contribution is 0.104. The number of rotatable bonds is 5. The number of nitrogens with zero attached hydrogens (tertiary/aromatic N) is 1. The van der Waals surface area contributed by atoms with Gasteiger partial charge in [-0.15, -0.1) is 0 Å². The number of allylic oxidation sites excluding steroid dienone is 1. The Bertz CT molecular complexity index is 1060. The minimum Gasteiger partial charge on any atom is -0.493 e. The summed E-state index contributed by atoms with van der Waals surface area (Å²) in [5.74, 6) is 0.196. The fourth-order valence-electron chi connectivity index (χ4n) is 2.69. The fourth-order valence-corrected chi connectivity index (χ4v) is 2.69. The lowest BCUT2D eigenvalue weighted by Crippen LogP contribution is -2.01. The number of aromatic amines is 1. The van der Waals surface area contributed by atoms with Crippen LogP contribution in [-0.2, 0) is 0 Å². The molecule has 0 atom stereocenters. The van der Waals surface area contributed by atoms with Crippen molar-refractivity contribution in [1.82, 2.24) is 4.98 Å². The number of hydrogen-bond donors (Lipinski definition) is 1. The van der Waals surface area contributed by atoms with Crippen LogP contribution < -0.4 is 9.47 Å². The van der Waals surface area contributed by atoms with Crippen molar-refractivity contribution in [3.8, 4) is 17.6 Å². The van der Waals surface area contributed by atoms with E-state index in [0.29, 0.717) is 33.5 Å². The summed E-state index contributed by atoms with van der Waals surface area (Å²) in [5, 5.41) is 9.99. The van der Waals surface area contributed by atoms with Gasteiger partial charge in [0.2, 0.25) is 5.78 Å². The minimum absolute atomic E-state index is 0.0394. The number of nitrogens with one attached hydrogen (secondary N) is 1. The quantitative estimate of drug-likeness (QED) is 0.427. The molecular weight excluding hydrogens is 335 g/mol. The maximum atomic E-state index is 13.3. The van der Waals surface area contributed by atoms with Gasteiger partial charge in [-0.1, -0.05) is 6.07 Å². The summed E-state index contributed by atoms with van der Waals surface area (Å²) in [4.78, 5) is 15.6. The van der Waals surface area contributed by atoms with Crippen LogP contribution in [0.1, 0.15) is 15.9 Å². The molecule has 5 nitrogen and oxygen atoms in total. The van der Waals surface area contributed by atoms with Gasteiger partial charge in [0, 0.05) is 22.7 Å². The number of fused-ring (bicyclic) bond motifs is 1. The molecule has 0 saturated heterocycles. The van der Waals surface area contributed by atoms with E-state index in [2.05, 4.69) is 4.98 Å². The summed E-state index contributed by atoms with van der Waals surface area (Å²) in [7, 11) is 3.03. The topological polar surface area (TPSA) is 75.1 Å². The lowest BCUT2D eigenvalue weighted by Gasteiger charge is -2.08. The molecule has 130 valence electrons. The molecule has 3 rings (SSSR count). The Morgan fingerprint density at radius 3 is 2.62 bits per heavy atom. The molecular formula is C20H15FN2O3. The SMILES string of the molecule is COc1ccc(/C=C(/C#N)C(=O)c2c[nH]c3cc(F)ccc23)cc1OC. The van der Waals surface area contributed by atoms with Gasteiger partial charge in [0.05, 0.1) is 14.2 Å². The average Bonchev–Trinajstić information content (AvgIpc) is 3.08. The van der Waals surface area contributed by atoms with E-state index in [9.17, 15) is 14.4 Å². The minimum atomic E-state index is -0.444. The highest BCUT2D eigenvalue weighted by Crippen LogP contribution is 2.29. The first-order valence-electron chi connectivity index (χ1n) is 7.72. The summed E-state index contributed by atoms with van der Waals surface area (Å²) in [6, 6.07) is 11.1. The van der Waals surface area contributed by atoms with Gasteiger partial charge in [0.25, 0.3) is 0 Å². The smallest absolute Gasteiger partial charge is 0.205 e. The summed E-state index contributed by atoms with van der Waals surface area (Å²) in [6.45, 7) is 0. The molecule has 1 N–H and O–H groups in total. The van der Waals surface area contributed by atoms with Gasteiger partial charge in [0.15, 0.2) is 11.5 Å². The Morgan fingerprint density at radius 1 is 1.15 bits per heavy atom. The Hall–Kier alpha value is -3.59. The zero-order chi connectivity index (χ0) is 18.7. The van der Waals surface area contributed by atoms with Gasteiger partial charge in [-0.05, 0) is 42.0 Å². The lowest BCUT2D eigenvalue weighted by atomic mass is 10.0. The van der Waals surface area contributed by atoms with E-state index in [1.165, 1.54) is 44.7 Å². The second kappa shape index (κ2) is 7.11. The van der Waals surface area contributed by atoms with Gasteiger partial charge < -0.3 is 14.5 Å². The highest BCUT2D eigenvalue weighted by Gasteiger charge is 2.17. The molecule has 0 amide bonds. The monoisotopic (exact) mass is 350 g/mol. The molecule has 0 fully saturated rings. The van der Waals surface area contributed by atoms with E-state index < -0.39 is 11.6 Å². The van der Waals surface area contributed by atoms with E-state index in [1.54, 1.807) is 18.2 Å². The molecule has 0 bridgehead atoms. The van der Waals surface area contributed by atoms with Crippen LogP contribution in [0.4, 0.5) is 4.39 Å². The van der Waals surface area contributed by atoms with Gasteiger partial charge in [0.1, 0.15) is 17.5 Å². The Kier molecular flexibility index (Phi) is 4.72. The van der Waals surface area contributed by atoms with Crippen LogP contribution >= 0.6 is 0 Å². The van der Waals surface area contributed by atoms with Gasteiger partial charge in [-0.3, -0.25) is 4.79 Å². The number of ether oxygens (including phenoxy) is 2. The molecule has 1 heterocycles. The van der Waals surface area contributed by atoms with Gasteiger partial charge in [-0.2, -0.15) is 5.26 Å². The summed E-state index contributed by atoms with van der Waals surface area (Å²) < 4.78 is 23.7. The molecule has 0 spiro atoms. The van der Waals surface area contributed by atoms with Crippen molar-refractivity contribution in [3.05, 3.63) is 65.1 Å². The molecule has 0 radical (unpaired) electrons. The zero-order valence-electron chi connectivity index (χ0n) is 14.2.